The van der Waals surface area contributed by atoms with Gasteiger partial charge in [-0.3, -0.25) is 19.2 Å². The average Bonchev–Trinajstić information content (AvgIpc) is 3.31. The number of aliphatic carboxylic acids is 1. The van der Waals surface area contributed by atoms with Gasteiger partial charge in [0.15, 0.2) is 4.34 Å². The van der Waals surface area contributed by atoms with Crippen molar-refractivity contribution in [3.05, 3.63) is 34.2 Å². The average molecular weight is 453 g/mol. The number of carbonyl (C=O) groups excluding carboxylic acids is 2. The number of fused-ring (bicyclic) bond motifs is 1. The Morgan fingerprint density at radius 1 is 1.41 bits per heavy atom. The third-order valence-electron chi connectivity index (χ3n) is 4.38. The van der Waals surface area contributed by atoms with E-state index in [1.54, 1.807) is 13.2 Å². The van der Waals surface area contributed by atoms with Crippen LogP contribution in [0.5, 0.6) is 0 Å². The minimum absolute atomic E-state index is 0.000589. The summed E-state index contributed by atoms with van der Waals surface area (Å²) in [7, 11) is 1.69. The molecule has 4 heterocycles. The molecule has 0 aliphatic carbocycles. The molecule has 13 heteroatoms. The van der Waals surface area contributed by atoms with Crippen LogP contribution in [0.25, 0.3) is 0 Å². The fraction of sp³-hybridized carbons (Fsp3) is 0.375. The molecular weight excluding hydrogens is 436 g/mol. The number of hydrogen-bond donors (Lipinski definition) is 2. The van der Waals surface area contributed by atoms with Crippen LogP contribution < -0.4 is 5.32 Å². The Hall–Kier alpha value is -2.38. The van der Waals surface area contributed by atoms with Gasteiger partial charge >= 0.3 is 5.97 Å². The second kappa shape index (κ2) is 7.80. The molecule has 2 aliphatic heterocycles. The van der Waals surface area contributed by atoms with Gasteiger partial charge in [0.05, 0.1) is 11.8 Å². The number of rotatable bonds is 6. The van der Waals surface area contributed by atoms with E-state index < -0.39 is 29.2 Å². The minimum Gasteiger partial charge on any atom is -0.477 e. The predicted molar refractivity (Wildman–Crippen MR) is 108 cm³/mol. The van der Waals surface area contributed by atoms with E-state index in [1.165, 1.54) is 50.6 Å². The molecule has 0 bridgehead atoms. The van der Waals surface area contributed by atoms with E-state index in [-0.39, 0.29) is 5.70 Å². The second-order valence-electron chi connectivity index (χ2n) is 6.40. The number of hydrogen-bond acceptors (Lipinski definition) is 9. The van der Waals surface area contributed by atoms with Crippen molar-refractivity contribution >= 4 is 52.6 Å². The SMILES string of the molecule is Cc1nnc(SCC2=C(C(=O)O)N3C(=O)[C@@H](NC(=O)c4cnn(C)c4)[C@H]3SC2)s1. The summed E-state index contributed by atoms with van der Waals surface area (Å²) in [5, 5.41) is 24.7. The molecule has 2 atom stereocenters. The summed E-state index contributed by atoms with van der Waals surface area (Å²) in [5.41, 5.74) is 0.999. The Bertz CT molecular complexity index is 1030. The van der Waals surface area contributed by atoms with Gasteiger partial charge in [-0.05, 0) is 12.5 Å². The number of amides is 2. The first kappa shape index (κ1) is 19.9. The van der Waals surface area contributed by atoms with Gasteiger partial charge in [-0.2, -0.15) is 5.10 Å². The Labute approximate surface area is 177 Å². The van der Waals surface area contributed by atoms with Crippen molar-refractivity contribution in [2.45, 2.75) is 22.7 Å². The first-order valence-corrected chi connectivity index (χ1v) is 11.3. The van der Waals surface area contributed by atoms with E-state index in [4.69, 9.17) is 0 Å². The molecule has 10 nitrogen and oxygen atoms in total. The van der Waals surface area contributed by atoms with Crippen molar-refractivity contribution in [1.29, 1.82) is 0 Å². The maximum Gasteiger partial charge on any atom is 0.352 e. The van der Waals surface area contributed by atoms with Crippen molar-refractivity contribution < 1.29 is 19.5 Å². The van der Waals surface area contributed by atoms with E-state index in [0.717, 1.165) is 9.35 Å². The first-order valence-electron chi connectivity index (χ1n) is 8.47. The Balaban J connectivity index is 1.48. The van der Waals surface area contributed by atoms with Gasteiger partial charge in [-0.1, -0.05) is 23.1 Å². The smallest absolute Gasteiger partial charge is 0.352 e. The summed E-state index contributed by atoms with van der Waals surface area (Å²) in [6.45, 7) is 1.85. The molecule has 2 aromatic heterocycles. The molecule has 1 saturated heterocycles. The quantitative estimate of drug-likeness (QED) is 0.481. The second-order valence-corrected chi connectivity index (χ2v) is 9.91. The molecule has 0 aromatic carbocycles. The van der Waals surface area contributed by atoms with Crippen molar-refractivity contribution in [2.24, 2.45) is 7.05 Å². The lowest BCUT2D eigenvalue weighted by Crippen LogP contribution is -2.70. The van der Waals surface area contributed by atoms with Gasteiger partial charge in [-0.15, -0.1) is 22.0 Å². The van der Waals surface area contributed by atoms with E-state index in [2.05, 4.69) is 20.6 Å². The summed E-state index contributed by atoms with van der Waals surface area (Å²) in [6.07, 6.45) is 2.97. The number of nitrogens with zero attached hydrogens (tertiary/aromatic N) is 5. The van der Waals surface area contributed by atoms with Gasteiger partial charge in [0.2, 0.25) is 0 Å². The summed E-state index contributed by atoms with van der Waals surface area (Å²) in [5.74, 6) is -1.12. The number of aryl methyl sites for hydroxylation is 2. The van der Waals surface area contributed by atoms with E-state index in [9.17, 15) is 19.5 Å². The molecule has 0 unspecified atom stereocenters. The molecule has 152 valence electrons. The molecule has 29 heavy (non-hydrogen) atoms. The standard InChI is InChI=1S/C16H16N6O4S3/c1-7-19-20-16(29-7)28-6-9-5-27-14-10(13(24)22(14)11(9)15(25)26)18-12(23)8-3-17-21(2)4-8/h3-4,10,14H,5-6H2,1-2H3,(H,18,23)(H,25,26)/t10-,14-/m1/s1. The topological polar surface area (TPSA) is 130 Å². The van der Waals surface area contributed by atoms with Crippen LogP contribution in [0.4, 0.5) is 0 Å². The molecule has 4 rings (SSSR count). The lowest BCUT2D eigenvalue weighted by atomic mass is 10.0. The zero-order valence-electron chi connectivity index (χ0n) is 15.4. The van der Waals surface area contributed by atoms with E-state index >= 15 is 0 Å². The third-order valence-corrected chi connectivity index (χ3v) is 7.78. The van der Waals surface area contributed by atoms with Crippen LogP contribution in [0.1, 0.15) is 15.4 Å². The van der Waals surface area contributed by atoms with Gasteiger partial charge in [0, 0.05) is 24.8 Å². The summed E-state index contributed by atoms with van der Waals surface area (Å²) in [6, 6.07) is -0.762. The van der Waals surface area contributed by atoms with Crippen molar-refractivity contribution in [1.82, 2.24) is 30.2 Å². The summed E-state index contributed by atoms with van der Waals surface area (Å²) >= 11 is 4.28. The van der Waals surface area contributed by atoms with Crippen molar-refractivity contribution in [3.63, 3.8) is 0 Å². The Morgan fingerprint density at radius 3 is 2.83 bits per heavy atom. The predicted octanol–water partition coefficient (Wildman–Crippen LogP) is 0.725. The molecular formula is C16H16N6O4S3. The van der Waals surface area contributed by atoms with Crippen LogP contribution in [0.2, 0.25) is 0 Å². The van der Waals surface area contributed by atoms with Crippen LogP contribution in [0.3, 0.4) is 0 Å². The highest BCUT2D eigenvalue weighted by atomic mass is 32.2. The molecule has 2 amide bonds. The number of carbonyl (C=O) groups is 3. The van der Waals surface area contributed by atoms with Crippen LogP contribution in [0, 0.1) is 6.92 Å². The molecule has 0 spiro atoms. The van der Waals surface area contributed by atoms with E-state index in [1.807, 2.05) is 6.92 Å². The zero-order valence-corrected chi connectivity index (χ0v) is 17.8. The van der Waals surface area contributed by atoms with E-state index in [0.29, 0.717) is 22.6 Å². The van der Waals surface area contributed by atoms with Crippen molar-refractivity contribution in [2.75, 3.05) is 11.5 Å². The largest absolute Gasteiger partial charge is 0.477 e. The highest BCUT2D eigenvalue weighted by molar-refractivity contribution is 8.01. The fourth-order valence-electron chi connectivity index (χ4n) is 3.04. The lowest BCUT2D eigenvalue weighted by molar-refractivity contribution is -0.148. The van der Waals surface area contributed by atoms with Crippen LogP contribution in [0.15, 0.2) is 28.0 Å². The van der Waals surface area contributed by atoms with Crippen molar-refractivity contribution in [3.8, 4) is 0 Å². The Morgan fingerprint density at radius 2 is 2.21 bits per heavy atom. The number of nitrogens with one attached hydrogen (secondary N) is 1. The molecule has 0 saturated carbocycles. The maximum absolute atomic E-state index is 12.7. The van der Waals surface area contributed by atoms with Crippen LogP contribution in [-0.4, -0.2) is 70.7 Å². The first-order chi connectivity index (χ1) is 13.8. The maximum atomic E-state index is 12.7. The lowest BCUT2D eigenvalue weighted by Gasteiger charge is -2.49. The highest BCUT2D eigenvalue weighted by Gasteiger charge is 2.54. The molecule has 0 radical (unpaired) electrons. The normalized spacial score (nSPS) is 21.0. The summed E-state index contributed by atoms with van der Waals surface area (Å²) < 4.78 is 2.25. The number of β-lactam (4-membered cyclic amide) rings is 1. The highest BCUT2D eigenvalue weighted by Crippen LogP contribution is 2.41. The number of carboxylic acids is 1. The molecule has 1 fully saturated rings. The zero-order chi connectivity index (χ0) is 20.7. The van der Waals surface area contributed by atoms with Gasteiger partial charge in [0.25, 0.3) is 11.8 Å². The monoisotopic (exact) mass is 452 g/mol. The molecule has 2 aromatic rings. The van der Waals surface area contributed by atoms with Gasteiger partial charge < -0.3 is 10.4 Å². The molecule has 2 aliphatic rings. The fourth-order valence-corrected chi connectivity index (χ4v) is 6.34. The minimum atomic E-state index is -1.15. The summed E-state index contributed by atoms with van der Waals surface area (Å²) in [4.78, 5) is 38.1. The van der Waals surface area contributed by atoms with Gasteiger partial charge in [-0.25, -0.2) is 4.79 Å². The molecule has 2 N–H and O–H groups in total. The Kier molecular flexibility index (Phi) is 5.36. The van der Waals surface area contributed by atoms with Crippen LogP contribution in [-0.2, 0) is 16.6 Å². The number of aromatic nitrogens is 4. The van der Waals surface area contributed by atoms with Crippen LogP contribution >= 0.6 is 34.9 Å². The number of thioether (sulfide) groups is 2. The number of carboxylic acid groups (broad SMARTS) is 1. The van der Waals surface area contributed by atoms with Gasteiger partial charge in [0.1, 0.15) is 22.1 Å². The third kappa shape index (κ3) is 3.76.